The van der Waals surface area contributed by atoms with E-state index in [1.165, 1.54) is 0 Å². The molecule has 17 heavy (non-hydrogen) atoms. The first-order valence-corrected chi connectivity index (χ1v) is 5.81. The van der Waals surface area contributed by atoms with Gasteiger partial charge in [0.25, 0.3) is 5.56 Å². The van der Waals surface area contributed by atoms with Crippen LogP contribution in [0.1, 0.15) is 38.0 Å². The van der Waals surface area contributed by atoms with E-state index in [4.69, 9.17) is 10.2 Å². The Labute approximate surface area is 98.0 Å². The number of hydrogen-bond acceptors (Lipinski definition) is 4. The second kappa shape index (κ2) is 3.12. The predicted octanol–water partition coefficient (Wildman–Crippen LogP) is 1.71. The quantitative estimate of drug-likeness (QED) is 0.725. The Bertz CT molecular complexity index is 652. The van der Waals surface area contributed by atoms with E-state index in [0.29, 0.717) is 11.1 Å². The summed E-state index contributed by atoms with van der Waals surface area (Å²) in [7, 11) is 0. The van der Waals surface area contributed by atoms with Crippen LogP contribution in [0.3, 0.4) is 0 Å². The van der Waals surface area contributed by atoms with E-state index < -0.39 is 0 Å². The minimum Gasteiger partial charge on any atom is -0.453 e. The van der Waals surface area contributed by atoms with Gasteiger partial charge in [-0.1, -0.05) is 13.8 Å². The highest BCUT2D eigenvalue weighted by Crippen LogP contribution is 2.40. The summed E-state index contributed by atoms with van der Waals surface area (Å²) in [6, 6.07) is 0. The van der Waals surface area contributed by atoms with Crippen LogP contribution in [0.25, 0.3) is 11.1 Å². The van der Waals surface area contributed by atoms with Crippen molar-refractivity contribution >= 4 is 17.0 Å². The minimum atomic E-state index is -0.294. The van der Waals surface area contributed by atoms with Gasteiger partial charge in [0.2, 0.25) is 11.5 Å². The van der Waals surface area contributed by atoms with Crippen molar-refractivity contribution in [1.29, 1.82) is 0 Å². The van der Waals surface area contributed by atoms with Crippen LogP contribution < -0.4 is 11.3 Å². The predicted molar refractivity (Wildman–Crippen MR) is 65.0 cm³/mol. The number of H-pyrrole nitrogens is 1. The van der Waals surface area contributed by atoms with E-state index in [1.807, 2.05) is 0 Å². The van der Waals surface area contributed by atoms with Crippen LogP contribution in [0.15, 0.2) is 9.21 Å². The molecule has 3 rings (SSSR count). The van der Waals surface area contributed by atoms with Crippen LogP contribution in [0.4, 0.5) is 5.95 Å². The van der Waals surface area contributed by atoms with Gasteiger partial charge in [-0.05, 0) is 19.3 Å². The maximum absolute atomic E-state index is 11.8. The fourth-order valence-electron chi connectivity index (χ4n) is 2.65. The van der Waals surface area contributed by atoms with Gasteiger partial charge >= 0.3 is 0 Å². The number of nitrogen functional groups attached to an aromatic ring is 1. The molecule has 0 atom stereocenters. The molecule has 0 saturated carbocycles. The van der Waals surface area contributed by atoms with E-state index in [2.05, 4.69) is 23.8 Å². The number of anilines is 1. The van der Waals surface area contributed by atoms with Gasteiger partial charge in [-0.3, -0.25) is 9.78 Å². The van der Waals surface area contributed by atoms with E-state index >= 15 is 0 Å². The van der Waals surface area contributed by atoms with Crippen molar-refractivity contribution in [3.63, 3.8) is 0 Å². The van der Waals surface area contributed by atoms with E-state index in [1.54, 1.807) is 0 Å². The third-order valence-electron chi connectivity index (χ3n) is 3.50. The molecule has 0 bridgehead atoms. The third kappa shape index (κ3) is 1.38. The van der Waals surface area contributed by atoms with Crippen molar-refractivity contribution in [2.45, 2.75) is 38.5 Å². The number of aromatic amines is 1. The standard InChI is InChI=1S/C12H15N3O2/c1-12(2)5-3-4-6-7-8(17-9(6)12)10(16)15-11(13)14-7/h3-5H2,1-2H3,(H3,13,14,15,16). The van der Waals surface area contributed by atoms with Gasteiger partial charge in [-0.25, -0.2) is 4.98 Å². The van der Waals surface area contributed by atoms with Gasteiger partial charge in [0.1, 0.15) is 11.3 Å². The normalized spacial score (nSPS) is 18.2. The van der Waals surface area contributed by atoms with E-state index in [-0.39, 0.29) is 16.9 Å². The highest BCUT2D eigenvalue weighted by molar-refractivity contribution is 5.78. The number of nitrogens with two attached hydrogens (primary N) is 1. The second-order valence-electron chi connectivity index (χ2n) is 5.28. The average Bonchev–Trinajstić information content (AvgIpc) is 2.58. The molecule has 2 heterocycles. The summed E-state index contributed by atoms with van der Waals surface area (Å²) in [6.07, 6.45) is 3.05. The number of hydrogen-bond donors (Lipinski definition) is 2. The first-order valence-electron chi connectivity index (χ1n) is 5.81. The molecule has 1 aliphatic carbocycles. The molecule has 1 aliphatic rings. The van der Waals surface area contributed by atoms with Gasteiger partial charge < -0.3 is 10.2 Å². The zero-order chi connectivity index (χ0) is 12.2. The molecule has 5 heteroatoms. The summed E-state index contributed by atoms with van der Waals surface area (Å²) >= 11 is 0. The lowest BCUT2D eigenvalue weighted by atomic mass is 9.77. The van der Waals surface area contributed by atoms with Gasteiger partial charge in [-0.2, -0.15) is 0 Å². The molecular weight excluding hydrogens is 218 g/mol. The second-order valence-corrected chi connectivity index (χ2v) is 5.28. The van der Waals surface area contributed by atoms with Crippen molar-refractivity contribution in [2.75, 3.05) is 5.73 Å². The first-order chi connectivity index (χ1) is 7.99. The summed E-state index contributed by atoms with van der Waals surface area (Å²) in [5.74, 6) is 1.04. The van der Waals surface area contributed by atoms with E-state index in [0.717, 1.165) is 30.6 Å². The number of fused-ring (bicyclic) bond motifs is 3. The molecule has 2 aromatic heterocycles. The molecule has 0 fully saturated rings. The van der Waals surface area contributed by atoms with Crippen molar-refractivity contribution in [3.05, 3.63) is 21.7 Å². The van der Waals surface area contributed by atoms with Crippen LogP contribution in [-0.4, -0.2) is 9.97 Å². The lowest BCUT2D eigenvalue weighted by Crippen LogP contribution is -2.22. The minimum absolute atomic E-state index is 0.0323. The maximum atomic E-state index is 11.8. The SMILES string of the molecule is CC1(C)CCCc2c1oc1c(=O)[nH]c(N)nc21. The number of rotatable bonds is 0. The highest BCUT2D eigenvalue weighted by atomic mass is 16.3. The summed E-state index contributed by atoms with van der Waals surface area (Å²) < 4.78 is 5.73. The van der Waals surface area contributed by atoms with Gasteiger partial charge in [0.15, 0.2) is 0 Å². The van der Waals surface area contributed by atoms with Crippen LogP contribution in [0.5, 0.6) is 0 Å². The summed E-state index contributed by atoms with van der Waals surface area (Å²) in [5.41, 5.74) is 7.24. The lowest BCUT2D eigenvalue weighted by Gasteiger charge is -2.27. The van der Waals surface area contributed by atoms with Crippen LogP contribution in [0, 0.1) is 0 Å². The molecular formula is C12H15N3O2. The molecule has 2 aromatic rings. The fraction of sp³-hybridized carbons (Fsp3) is 0.500. The first kappa shape index (κ1) is 10.4. The summed E-state index contributed by atoms with van der Waals surface area (Å²) in [4.78, 5) is 18.4. The van der Waals surface area contributed by atoms with Gasteiger partial charge in [0.05, 0.1) is 0 Å². The van der Waals surface area contributed by atoms with Crippen molar-refractivity contribution in [2.24, 2.45) is 0 Å². The summed E-state index contributed by atoms with van der Waals surface area (Å²) in [5, 5.41) is 0. The monoisotopic (exact) mass is 233 g/mol. The average molecular weight is 233 g/mol. The van der Waals surface area contributed by atoms with Crippen molar-refractivity contribution in [3.8, 4) is 0 Å². The van der Waals surface area contributed by atoms with Crippen molar-refractivity contribution in [1.82, 2.24) is 9.97 Å². The summed E-state index contributed by atoms with van der Waals surface area (Å²) in [6.45, 7) is 4.26. The molecule has 3 N–H and O–H groups in total. The number of furan rings is 1. The largest absolute Gasteiger partial charge is 0.453 e. The van der Waals surface area contributed by atoms with E-state index in [9.17, 15) is 4.79 Å². The van der Waals surface area contributed by atoms with Crippen molar-refractivity contribution < 1.29 is 4.42 Å². The number of nitrogens with one attached hydrogen (secondary N) is 1. The third-order valence-corrected chi connectivity index (χ3v) is 3.50. The van der Waals surface area contributed by atoms with Crippen LogP contribution in [-0.2, 0) is 11.8 Å². The smallest absolute Gasteiger partial charge is 0.295 e. The molecule has 0 unspecified atom stereocenters. The Morgan fingerprint density at radius 3 is 3.00 bits per heavy atom. The zero-order valence-corrected chi connectivity index (χ0v) is 9.96. The van der Waals surface area contributed by atoms with Crippen LogP contribution in [0.2, 0.25) is 0 Å². The molecule has 0 saturated heterocycles. The Balaban J connectivity index is 2.42. The molecule has 0 amide bonds. The van der Waals surface area contributed by atoms with Gasteiger partial charge in [0, 0.05) is 11.0 Å². The molecule has 0 radical (unpaired) electrons. The Morgan fingerprint density at radius 1 is 1.47 bits per heavy atom. The zero-order valence-electron chi connectivity index (χ0n) is 9.96. The van der Waals surface area contributed by atoms with Gasteiger partial charge in [-0.15, -0.1) is 0 Å². The fourth-order valence-corrected chi connectivity index (χ4v) is 2.65. The maximum Gasteiger partial charge on any atom is 0.295 e. The Hall–Kier alpha value is -1.78. The Kier molecular flexibility index (Phi) is 1.91. The molecule has 0 aromatic carbocycles. The van der Waals surface area contributed by atoms with Crippen LogP contribution >= 0.6 is 0 Å². The lowest BCUT2D eigenvalue weighted by molar-refractivity contribution is 0.345. The molecule has 0 aliphatic heterocycles. The molecule has 90 valence electrons. The number of aryl methyl sites for hydroxylation is 1. The topological polar surface area (TPSA) is 84.9 Å². The highest BCUT2D eigenvalue weighted by Gasteiger charge is 2.34. The number of nitrogens with zero attached hydrogens (tertiary/aromatic N) is 1. The molecule has 5 nitrogen and oxygen atoms in total. The number of aromatic nitrogens is 2. The Morgan fingerprint density at radius 2 is 2.24 bits per heavy atom. The molecule has 0 spiro atoms.